The fourth-order valence-corrected chi connectivity index (χ4v) is 3.63. The van der Waals surface area contributed by atoms with Crippen molar-refractivity contribution in [3.63, 3.8) is 0 Å². The number of nitrogens with one attached hydrogen (secondary N) is 1. The van der Waals surface area contributed by atoms with Crippen molar-refractivity contribution in [3.8, 4) is 0 Å². The van der Waals surface area contributed by atoms with Crippen LogP contribution in [0, 0.1) is 0 Å². The molecule has 2 unspecified atom stereocenters. The SMILES string of the molecule is CC(NC(=O)C(C)N1CCN(CCc2ccccc2)CC1)c1ccccc1. The number of rotatable bonds is 7. The van der Waals surface area contributed by atoms with E-state index in [1.54, 1.807) is 0 Å². The normalized spacial score (nSPS) is 18.0. The molecule has 1 aliphatic rings. The number of carbonyl (C=O) groups is 1. The average Bonchev–Trinajstić information content (AvgIpc) is 2.73. The van der Waals surface area contributed by atoms with Crippen LogP contribution >= 0.6 is 0 Å². The van der Waals surface area contributed by atoms with Crippen molar-refractivity contribution in [1.29, 1.82) is 0 Å². The third kappa shape index (κ3) is 5.65. The fourth-order valence-electron chi connectivity index (χ4n) is 3.63. The quantitative estimate of drug-likeness (QED) is 0.819. The minimum atomic E-state index is -0.0903. The zero-order valence-corrected chi connectivity index (χ0v) is 16.5. The highest BCUT2D eigenvalue weighted by Crippen LogP contribution is 2.13. The smallest absolute Gasteiger partial charge is 0.237 e. The Labute approximate surface area is 163 Å². The molecule has 1 heterocycles. The molecule has 2 aromatic carbocycles. The second kappa shape index (κ2) is 9.67. The summed E-state index contributed by atoms with van der Waals surface area (Å²) in [6.45, 7) is 9.10. The van der Waals surface area contributed by atoms with E-state index in [1.165, 1.54) is 5.56 Å². The molecule has 1 amide bonds. The zero-order chi connectivity index (χ0) is 19.1. The summed E-state index contributed by atoms with van der Waals surface area (Å²) in [5, 5.41) is 3.16. The van der Waals surface area contributed by atoms with Gasteiger partial charge in [0.25, 0.3) is 0 Å². The van der Waals surface area contributed by atoms with Crippen LogP contribution in [-0.2, 0) is 11.2 Å². The average molecular weight is 366 g/mol. The lowest BCUT2D eigenvalue weighted by molar-refractivity contribution is -0.127. The maximum atomic E-state index is 12.7. The van der Waals surface area contributed by atoms with Crippen LogP contribution < -0.4 is 5.32 Å². The predicted octanol–water partition coefficient (Wildman–Crippen LogP) is 3.11. The van der Waals surface area contributed by atoms with Crippen molar-refractivity contribution in [2.75, 3.05) is 32.7 Å². The summed E-state index contributed by atoms with van der Waals surface area (Å²) in [7, 11) is 0. The first-order valence-corrected chi connectivity index (χ1v) is 9.99. The maximum Gasteiger partial charge on any atom is 0.237 e. The molecule has 1 N–H and O–H groups in total. The molecule has 0 spiro atoms. The molecule has 0 bridgehead atoms. The van der Waals surface area contributed by atoms with E-state index >= 15 is 0 Å². The number of benzene rings is 2. The van der Waals surface area contributed by atoms with Crippen molar-refractivity contribution >= 4 is 5.91 Å². The molecule has 4 nitrogen and oxygen atoms in total. The lowest BCUT2D eigenvalue weighted by atomic mass is 10.1. The first-order chi connectivity index (χ1) is 13.1. The van der Waals surface area contributed by atoms with Crippen molar-refractivity contribution < 1.29 is 4.79 Å². The van der Waals surface area contributed by atoms with E-state index in [4.69, 9.17) is 0 Å². The van der Waals surface area contributed by atoms with Crippen molar-refractivity contribution in [2.45, 2.75) is 32.4 Å². The van der Waals surface area contributed by atoms with Gasteiger partial charge in [-0.25, -0.2) is 0 Å². The Kier molecular flexibility index (Phi) is 7.02. The first-order valence-electron chi connectivity index (χ1n) is 9.99. The van der Waals surface area contributed by atoms with Crippen molar-refractivity contribution in [1.82, 2.24) is 15.1 Å². The minimum Gasteiger partial charge on any atom is -0.348 e. The van der Waals surface area contributed by atoms with Crippen LogP contribution in [0.25, 0.3) is 0 Å². The van der Waals surface area contributed by atoms with Crippen LogP contribution in [0.4, 0.5) is 0 Å². The molecular weight excluding hydrogens is 334 g/mol. The van der Waals surface area contributed by atoms with Gasteiger partial charge in [-0.15, -0.1) is 0 Å². The summed E-state index contributed by atoms with van der Waals surface area (Å²) < 4.78 is 0. The fraction of sp³-hybridized carbons (Fsp3) is 0.435. The number of hydrogen-bond acceptors (Lipinski definition) is 3. The molecule has 0 aliphatic carbocycles. The molecule has 144 valence electrons. The Morgan fingerprint density at radius 1 is 0.926 bits per heavy atom. The van der Waals surface area contributed by atoms with Crippen molar-refractivity contribution in [2.24, 2.45) is 0 Å². The van der Waals surface area contributed by atoms with Gasteiger partial charge in [0.15, 0.2) is 0 Å². The van der Waals surface area contributed by atoms with E-state index in [2.05, 4.69) is 57.6 Å². The molecule has 2 aromatic rings. The standard InChI is InChI=1S/C23H31N3O/c1-19(22-11-7-4-8-12-22)24-23(27)20(2)26-17-15-25(16-18-26)14-13-21-9-5-3-6-10-21/h3-12,19-20H,13-18H2,1-2H3,(H,24,27). The summed E-state index contributed by atoms with van der Waals surface area (Å²) in [6, 6.07) is 20.7. The van der Waals surface area contributed by atoms with E-state index in [9.17, 15) is 4.79 Å². The largest absolute Gasteiger partial charge is 0.348 e. The summed E-state index contributed by atoms with van der Waals surface area (Å²) in [4.78, 5) is 17.5. The molecule has 4 heteroatoms. The topological polar surface area (TPSA) is 35.6 Å². The third-order valence-electron chi connectivity index (χ3n) is 5.55. The Morgan fingerprint density at radius 2 is 1.52 bits per heavy atom. The van der Waals surface area contributed by atoms with Crippen LogP contribution in [0.2, 0.25) is 0 Å². The maximum absolute atomic E-state index is 12.7. The van der Waals surface area contributed by atoms with Gasteiger partial charge < -0.3 is 10.2 Å². The number of hydrogen-bond donors (Lipinski definition) is 1. The monoisotopic (exact) mass is 365 g/mol. The number of nitrogens with zero attached hydrogens (tertiary/aromatic N) is 2. The molecule has 1 aliphatic heterocycles. The zero-order valence-electron chi connectivity index (χ0n) is 16.5. The first kappa shape index (κ1) is 19.6. The molecule has 2 atom stereocenters. The predicted molar refractivity (Wildman–Crippen MR) is 111 cm³/mol. The number of piperazine rings is 1. The Bertz CT molecular complexity index is 696. The molecule has 0 aromatic heterocycles. The third-order valence-corrected chi connectivity index (χ3v) is 5.55. The van der Waals surface area contributed by atoms with Gasteiger partial charge in [0.2, 0.25) is 5.91 Å². The lowest BCUT2D eigenvalue weighted by Crippen LogP contribution is -2.54. The Hall–Kier alpha value is -2.17. The van der Waals surface area contributed by atoms with Crippen LogP contribution in [0.5, 0.6) is 0 Å². The van der Waals surface area contributed by atoms with Gasteiger partial charge in [0.1, 0.15) is 0 Å². The lowest BCUT2D eigenvalue weighted by Gasteiger charge is -2.37. The van der Waals surface area contributed by atoms with Gasteiger partial charge in [-0.3, -0.25) is 9.69 Å². The number of amides is 1. The second-order valence-corrected chi connectivity index (χ2v) is 7.43. The van der Waals surface area contributed by atoms with E-state index in [0.717, 1.165) is 44.7 Å². The van der Waals surface area contributed by atoms with Gasteiger partial charge in [-0.05, 0) is 31.4 Å². The van der Waals surface area contributed by atoms with Crippen LogP contribution in [-0.4, -0.2) is 54.5 Å². The summed E-state index contributed by atoms with van der Waals surface area (Å²) in [6.07, 6.45) is 1.09. The highest BCUT2D eigenvalue weighted by molar-refractivity contribution is 5.81. The molecule has 27 heavy (non-hydrogen) atoms. The second-order valence-electron chi connectivity index (χ2n) is 7.43. The minimum absolute atomic E-state index is 0.0355. The van der Waals surface area contributed by atoms with Gasteiger partial charge in [0, 0.05) is 32.7 Å². The van der Waals surface area contributed by atoms with Gasteiger partial charge in [-0.1, -0.05) is 60.7 Å². The van der Waals surface area contributed by atoms with Crippen LogP contribution in [0.15, 0.2) is 60.7 Å². The van der Waals surface area contributed by atoms with Gasteiger partial charge >= 0.3 is 0 Å². The van der Waals surface area contributed by atoms with Crippen LogP contribution in [0.1, 0.15) is 31.0 Å². The molecule has 3 rings (SSSR count). The van der Waals surface area contributed by atoms with Crippen molar-refractivity contribution in [3.05, 3.63) is 71.8 Å². The molecule has 1 saturated heterocycles. The van der Waals surface area contributed by atoms with E-state index in [-0.39, 0.29) is 18.0 Å². The number of carbonyl (C=O) groups excluding carboxylic acids is 1. The summed E-state index contributed by atoms with van der Waals surface area (Å²) >= 11 is 0. The molecule has 1 fully saturated rings. The highest BCUT2D eigenvalue weighted by Gasteiger charge is 2.26. The Balaban J connectivity index is 1.42. The summed E-state index contributed by atoms with van der Waals surface area (Å²) in [5.41, 5.74) is 2.53. The van der Waals surface area contributed by atoms with E-state index in [1.807, 2.05) is 32.0 Å². The van der Waals surface area contributed by atoms with E-state index < -0.39 is 0 Å². The molecule has 0 saturated carbocycles. The molecule has 0 radical (unpaired) electrons. The molecular formula is C23H31N3O. The van der Waals surface area contributed by atoms with Gasteiger partial charge in [0.05, 0.1) is 12.1 Å². The summed E-state index contributed by atoms with van der Waals surface area (Å²) in [5.74, 6) is 0.115. The Morgan fingerprint density at radius 3 is 2.15 bits per heavy atom. The van der Waals surface area contributed by atoms with E-state index in [0.29, 0.717) is 0 Å². The van der Waals surface area contributed by atoms with Crippen LogP contribution in [0.3, 0.4) is 0 Å². The van der Waals surface area contributed by atoms with Gasteiger partial charge in [-0.2, -0.15) is 0 Å². The highest BCUT2D eigenvalue weighted by atomic mass is 16.2.